The fraction of sp³-hybridized carbons (Fsp3) is 0.0769. The molecule has 0 saturated carbocycles. The molecular weight excluding hydrogens is 450 g/mol. The van der Waals surface area contributed by atoms with E-state index < -0.39 is 16.8 Å². The number of para-hydroxylation sites is 1. The van der Waals surface area contributed by atoms with E-state index in [2.05, 4.69) is 12.6 Å². The molecule has 0 spiro atoms. The summed E-state index contributed by atoms with van der Waals surface area (Å²) in [5, 5.41) is 21.0. The second-order valence-electron chi connectivity index (χ2n) is 7.46. The second kappa shape index (κ2) is 9.80. The molecular formula is C26H19N3O6. The Labute approximate surface area is 200 Å². The van der Waals surface area contributed by atoms with Gasteiger partial charge in [-0.25, -0.2) is 4.79 Å². The van der Waals surface area contributed by atoms with Crippen LogP contribution in [0.5, 0.6) is 17.2 Å². The Balaban J connectivity index is 1.66. The third-order valence-electron chi connectivity index (χ3n) is 5.30. The van der Waals surface area contributed by atoms with Gasteiger partial charge < -0.3 is 19.9 Å². The number of benzene rings is 3. The van der Waals surface area contributed by atoms with Crippen LogP contribution in [0.3, 0.4) is 0 Å². The first-order chi connectivity index (χ1) is 16.9. The van der Waals surface area contributed by atoms with Crippen LogP contribution in [-0.4, -0.2) is 17.5 Å². The Hall–Kier alpha value is -5.10. The number of ether oxygens (including phenoxy) is 3. The number of nitrogens with two attached hydrogens (primary N) is 1. The fourth-order valence-electron chi connectivity index (χ4n) is 3.72. The van der Waals surface area contributed by atoms with Crippen molar-refractivity contribution in [1.29, 1.82) is 5.26 Å². The van der Waals surface area contributed by atoms with E-state index in [9.17, 15) is 20.2 Å². The zero-order valence-corrected chi connectivity index (χ0v) is 18.3. The predicted octanol–water partition coefficient (Wildman–Crippen LogP) is 4.60. The summed E-state index contributed by atoms with van der Waals surface area (Å²) < 4.78 is 16.5. The molecule has 1 aliphatic rings. The zero-order valence-electron chi connectivity index (χ0n) is 18.3. The first-order valence-electron chi connectivity index (χ1n) is 10.4. The molecule has 9 heteroatoms. The highest BCUT2D eigenvalue weighted by molar-refractivity contribution is 5.95. The molecule has 0 saturated heterocycles. The van der Waals surface area contributed by atoms with Gasteiger partial charge in [-0.3, -0.25) is 10.1 Å². The van der Waals surface area contributed by atoms with Crippen LogP contribution in [-0.2, 0) is 0 Å². The molecule has 1 unspecified atom stereocenters. The maximum absolute atomic E-state index is 12.6. The normalized spacial score (nSPS) is 14.2. The number of hydrogen-bond acceptors (Lipinski definition) is 8. The number of carbonyl (C=O) groups is 1. The fourth-order valence-corrected chi connectivity index (χ4v) is 3.72. The summed E-state index contributed by atoms with van der Waals surface area (Å²) in [4.78, 5) is 23.2. The van der Waals surface area contributed by atoms with E-state index in [0.717, 1.165) is 5.56 Å². The molecule has 0 aliphatic carbocycles. The van der Waals surface area contributed by atoms with Crippen molar-refractivity contribution in [1.82, 2.24) is 0 Å². The first-order valence-corrected chi connectivity index (χ1v) is 10.4. The number of carbonyl (C=O) groups excluding carboxylic acids is 1. The van der Waals surface area contributed by atoms with Gasteiger partial charge in [-0.05, 0) is 29.8 Å². The van der Waals surface area contributed by atoms with Crippen molar-refractivity contribution in [3.05, 3.63) is 118 Å². The van der Waals surface area contributed by atoms with Crippen LogP contribution in [0.1, 0.15) is 27.4 Å². The lowest BCUT2D eigenvalue weighted by molar-refractivity contribution is -0.385. The number of allylic oxidation sites excluding steroid dienone is 1. The average molecular weight is 469 g/mol. The minimum absolute atomic E-state index is 0.0702. The van der Waals surface area contributed by atoms with E-state index in [-0.39, 0.29) is 28.5 Å². The van der Waals surface area contributed by atoms with Crippen LogP contribution in [0.2, 0.25) is 0 Å². The predicted molar refractivity (Wildman–Crippen MR) is 126 cm³/mol. The number of hydrogen-bond donors (Lipinski definition) is 1. The molecule has 9 nitrogen and oxygen atoms in total. The van der Waals surface area contributed by atoms with Gasteiger partial charge in [-0.2, -0.15) is 5.26 Å². The highest BCUT2D eigenvalue weighted by Crippen LogP contribution is 2.43. The van der Waals surface area contributed by atoms with Crippen LogP contribution in [0, 0.1) is 21.4 Å². The van der Waals surface area contributed by atoms with Crippen molar-refractivity contribution in [2.45, 2.75) is 5.92 Å². The van der Waals surface area contributed by atoms with E-state index in [0.29, 0.717) is 23.7 Å². The lowest BCUT2D eigenvalue weighted by Gasteiger charge is -2.26. The quantitative estimate of drug-likeness (QED) is 0.174. The van der Waals surface area contributed by atoms with Gasteiger partial charge in [0.05, 0.1) is 10.8 Å². The Bertz CT molecular complexity index is 1390. The van der Waals surface area contributed by atoms with E-state index in [1.54, 1.807) is 24.3 Å². The van der Waals surface area contributed by atoms with Gasteiger partial charge in [0.2, 0.25) is 5.88 Å². The van der Waals surface area contributed by atoms with E-state index >= 15 is 0 Å². The van der Waals surface area contributed by atoms with Gasteiger partial charge in [-0.15, -0.1) is 0 Å². The highest BCUT2D eigenvalue weighted by Gasteiger charge is 2.31. The maximum Gasteiger partial charge on any atom is 0.350 e. The lowest BCUT2D eigenvalue weighted by atomic mass is 9.83. The van der Waals surface area contributed by atoms with Gasteiger partial charge in [0.25, 0.3) is 5.69 Å². The maximum atomic E-state index is 12.6. The molecule has 3 aromatic carbocycles. The molecule has 0 radical (unpaired) electrons. The summed E-state index contributed by atoms with van der Waals surface area (Å²) in [6.45, 7) is 3.98. The van der Waals surface area contributed by atoms with Crippen LogP contribution in [0.15, 0.2) is 90.8 Å². The Morgan fingerprint density at radius 2 is 1.89 bits per heavy atom. The van der Waals surface area contributed by atoms with Crippen molar-refractivity contribution < 1.29 is 23.9 Å². The molecule has 35 heavy (non-hydrogen) atoms. The van der Waals surface area contributed by atoms with Crippen molar-refractivity contribution in [3.8, 4) is 23.3 Å². The van der Waals surface area contributed by atoms with Gasteiger partial charge >= 0.3 is 5.97 Å². The van der Waals surface area contributed by atoms with Crippen LogP contribution >= 0.6 is 0 Å². The summed E-state index contributed by atoms with van der Waals surface area (Å²) in [5.74, 6) is -0.427. The van der Waals surface area contributed by atoms with Crippen LogP contribution in [0.4, 0.5) is 5.69 Å². The summed E-state index contributed by atoms with van der Waals surface area (Å²) >= 11 is 0. The van der Waals surface area contributed by atoms with Gasteiger partial charge in [0, 0.05) is 17.7 Å². The molecule has 4 rings (SSSR count). The summed E-state index contributed by atoms with van der Waals surface area (Å²) in [6.07, 6.45) is 1.64. The van der Waals surface area contributed by atoms with Crippen LogP contribution in [0.25, 0.3) is 0 Å². The van der Waals surface area contributed by atoms with Crippen molar-refractivity contribution in [3.63, 3.8) is 0 Å². The average Bonchev–Trinajstić information content (AvgIpc) is 2.86. The summed E-state index contributed by atoms with van der Waals surface area (Å²) in [6, 6.07) is 19.5. The molecule has 0 aromatic heterocycles. The Morgan fingerprint density at radius 3 is 2.57 bits per heavy atom. The standard InChI is InChI=1S/C26H19N3O6/c1-2-13-33-17-9-7-16(8-10-17)24-20-12-11-18(14-23(20)35-25(28)21(24)15-27)34-26(30)19-5-3-4-6-22(19)29(31)32/h2-12,14,24H,1,13,28H2. The number of rotatable bonds is 7. The second-order valence-corrected chi connectivity index (χ2v) is 7.46. The zero-order chi connectivity index (χ0) is 24.9. The number of nitro groups is 1. The monoisotopic (exact) mass is 469 g/mol. The molecule has 1 aliphatic heterocycles. The third-order valence-corrected chi connectivity index (χ3v) is 5.30. The number of esters is 1. The van der Waals surface area contributed by atoms with Crippen molar-refractivity contribution in [2.75, 3.05) is 6.61 Å². The van der Waals surface area contributed by atoms with Gasteiger partial charge in [-0.1, -0.05) is 43.0 Å². The SMILES string of the molecule is C=CCOc1ccc(C2C(C#N)=C(N)Oc3cc(OC(=O)c4ccccc4[N+](=O)[O-])ccc32)cc1. The first kappa shape index (κ1) is 23.1. The summed E-state index contributed by atoms with van der Waals surface area (Å²) in [7, 11) is 0. The molecule has 1 heterocycles. The minimum Gasteiger partial charge on any atom is -0.490 e. The molecule has 0 bridgehead atoms. The molecule has 0 amide bonds. The molecule has 1 atom stereocenters. The summed E-state index contributed by atoms with van der Waals surface area (Å²) in [5.41, 5.74) is 7.16. The molecule has 2 N–H and O–H groups in total. The van der Waals surface area contributed by atoms with Crippen molar-refractivity contribution >= 4 is 11.7 Å². The molecule has 174 valence electrons. The smallest absolute Gasteiger partial charge is 0.350 e. The number of nitriles is 1. The van der Waals surface area contributed by atoms with Gasteiger partial charge in [0.15, 0.2) is 0 Å². The number of nitrogens with zero attached hydrogens (tertiary/aromatic N) is 2. The molecule has 0 fully saturated rings. The third kappa shape index (κ3) is 4.67. The van der Waals surface area contributed by atoms with E-state index in [1.807, 2.05) is 12.1 Å². The van der Waals surface area contributed by atoms with Gasteiger partial charge in [0.1, 0.15) is 41.1 Å². The Morgan fingerprint density at radius 1 is 1.17 bits per heavy atom. The largest absolute Gasteiger partial charge is 0.490 e. The Kier molecular flexibility index (Phi) is 6.46. The van der Waals surface area contributed by atoms with Crippen LogP contribution < -0.4 is 19.9 Å². The van der Waals surface area contributed by atoms with E-state index in [1.165, 1.54) is 36.4 Å². The van der Waals surface area contributed by atoms with Crippen molar-refractivity contribution in [2.24, 2.45) is 5.73 Å². The van der Waals surface area contributed by atoms with E-state index in [4.69, 9.17) is 19.9 Å². The number of nitro benzene ring substituents is 1. The lowest BCUT2D eigenvalue weighted by Crippen LogP contribution is -2.21. The number of fused-ring (bicyclic) bond motifs is 1. The highest BCUT2D eigenvalue weighted by atomic mass is 16.6. The minimum atomic E-state index is -0.888. The topological polar surface area (TPSA) is 138 Å². The molecule has 3 aromatic rings.